The van der Waals surface area contributed by atoms with E-state index in [4.69, 9.17) is 9.47 Å². The molecule has 0 aliphatic rings. The third-order valence-electron chi connectivity index (χ3n) is 7.82. The summed E-state index contributed by atoms with van der Waals surface area (Å²) in [6, 6.07) is 11.3. The Kier molecular flexibility index (Phi) is 15.0. The van der Waals surface area contributed by atoms with E-state index in [1.807, 2.05) is 69.3 Å². The SMILES string of the molecule is Cc1cccc(C(C(=O)NC(Cc2ccccc2)C(=O)OC(C)(C)C)N(C(=O)C(CS)NC(=O)OC(C)(C)C)C(C)CCC(C)C)c1C. The van der Waals surface area contributed by atoms with Crippen LogP contribution in [-0.2, 0) is 30.3 Å². The summed E-state index contributed by atoms with van der Waals surface area (Å²) in [7, 11) is 0. The molecule has 9 nitrogen and oxygen atoms in total. The summed E-state index contributed by atoms with van der Waals surface area (Å²) in [5.74, 6) is -1.27. The quantitative estimate of drug-likeness (QED) is 0.148. The monoisotopic (exact) mass is 683 g/mol. The number of alkyl carbamates (subject to hydrolysis) is 1. The van der Waals surface area contributed by atoms with Crippen LogP contribution in [0.5, 0.6) is 0 Å². The number of nitrogens with one attached hydrogen (secondary N) is 2. The molecule has 4 atom stereocenters. The summed E-state index contributed by atoms with van der Waals surface area (Å²) in [6.07, 6.45) is 0.831. The van der Waals surface area contributed by atoms with E-state index in [-0.39, 0.29) is 12.2 Å². The second-order valence-electron chi connectivity index (χ2n) is 14.9. The molecule has 48 heavy (non-hydrogen) atoms. The Morgan fingerprint density at radius 3 is 1.94 bits per heavy atom. The minimum atomic E-state index is -1.14. The van der Waals surface area contributed by atoms with Crippen LogP contribution in [0.15, 0.2) is 48.5 Å². The summed E-state index contributed by atoms with van der Waals surface area (Å²) in [5, 5.41) is 5.66. The molecule has 0 aliphatic carbocycles. The van der Waals surface area contributed by atoms with Gasteiger partial charge >= 0.3 is 12.1 Å². The van der Waals surface area contributed by atoms with E-state index in [1.165, 1.54) is 0 Å². The molecule has 0 aromatic heterocycles. The summed E-state index contributed by atoms with van der Waals surface area (Å²) < 4.78 is 11.2. The van der Waals surface area contributed by atoms with Gasteiger partial charge in [0, 0.05) is 18.2 Å². The van der Waals surface area contributed by atoms with Crippen molar-refractivity contribution >= 4 is 36.5 Å². The first-order valence-electron chi connectivity index (χ1n) is 16.8. The number of benzene rings is 2. The number of carbonyl (C=O) groups excluding carboxylic acids is 4. The van der Waals surface area contributed by atoms with Crippen LogP contribution in [0.25, 0.3) is 0 Å². The van der Waals surface area contributed by atoms with Crippen LogP contribution in [0.2, 0.25) is 0 Å². The predicted octanol–water partition coefficient (Wildman–Crippen LogP) is 6.89. The molecule has 0 spiro atoms. The highest BCUT2D eigenvalue weighted by atomic mass is 32.1. The summed E-state index contributed by atoms with van der Waals surface area (Å²) in [4.78, 5) is 57.3. The fourth-order valence-electron chi connectivity index (χ4n) is 5.28. The number of nitrogens with zero attached hydrogens (tertiary/aromatic N) is 1. The number of ether oxygens (including phenoxy) is 2. The second kappa shape index (κ2) is 17.7. The molecule has 2 rings (SSSR count). The average molecular weight is 684 g/mol. The highest BCUT2D eigenvalue weighted by molar-refractivity contribution is 7.80. The van der Waals surface area contributed by atoms with E-state index in [9.17, 15) is 19.2 Å². The Morgan fingerprint density at radius 1 is 0.792 bits per heavy atom. The topological polar surface area (TPSA) is 114 Å². The van der Waals surface area contributed by atoms with Gasteiger partial charge in [0.15, 0.2) is 0 Å². The van der Waals surface area contributed by atoms with E-state index in [2.05, 4.69) is 37.1 Å². The summed E-state index contributed by atoms with van der Waals surface area (Å²) >= 11 is 4.43. The number of thiol groups is 1. The molecule has 2 aromatic carbocycles. The number of aryl methyl sites for hydroxylation is 1. The normalized spacial score (nSPS) is 14.4. The van der Waals surface area contributed by atoms with Gasteiger partial charge in [-0.25, -0.2) is 9.59 Å². The van der Waals surface area contributed by atoms with Gasteiger partial charge in [-0.1, -0.05) is 62.4 Å². The first kappa shape index (κ1) is 40.6. The molecule has 0 saturated heterocycles. The molecule has 0 bridgehead atoms. The Balaban J connectivity index is 2.71. The lowest BCUT2D eigenvalue weighted by Crippen LogP contribution is -2.57. The van der Waals surface area contributed by atoms with Gasteiger partial charge in [-0.2, -0.15) is 12.6 Å². The van der Waals surface area contributed by atoms with Gasteiger partial charge in [-0.3, -0.25) is 9.59 Å². The van der Waals surface area contributed by atoms with Gasteiger partial charge < -0.3 is 25.0 Å². The molecular formula is C38H57N3O6S. The van der Waals surface area contributed by atoms with Crippen molar-refractivity contribution in [1.82, 2.24) is 15.5 Å². The number of hydrogen-bond donors (Lipinski definition) is 3. The van der Waals surface area contributed by atoms with Gasteiger partial charge in [0.25, 0.3) is 0 Å². The van der Waals surface area contributed by atoms with Gasteiger partial charge in [-0.05, 0) is 103 Å². The molecular weight excluding hydrogens is 626 g/mol. The van der Waals surface area contributed by atoms with Crippen LogP contribution in [0.1, 0.15) is 103 Å². The van der Waals surface area contributed by atoms with Crippen LogP contribution in [0.4, 0.5) is 4.79 Å². The van der Waals surface area contributed by atoms with Crippen LogP contribution in [0, 0.1) is 19.8 Å². The molecule has 0 heterocycles. The molecule has 0 aliphatic heterocycles. The number of carbonyl (C=O) groups is 4. The number of hydrogen-bond acceptors (Lipinski definition) is 7. The predicted molar refractivity (Wildman–Crippen MR) is 194 cm³/mol. The molecule has 2 aromatic rings. The molecule has 3 amide bonds. The largest absolute Gasteiger partial charge is 0.458 e. The van der Waals surface area contributed by atoms with Crippen LogP contribution in [0.3, 0.4) is 0 Å². The van der Waals surface area contributed by atoms with Crippen LogP contribution < -0.4 is 10.6 Å². The molecule has 10 heteroatoms. The van der Waals surface area contributed by atoms with Crippen molar-refractivity contribution in [3.8, 4) is 0 Å². The Labute approximate surface area is 293 Å². The minimum absolute atomic E-state index is 0.0266. The van der Waals surface area contributed by atoms with Crippen molar-refractivity contribution in [1.29, 1.82) is 0 Å². The molecule has 2 N–H and O–H groups in total. The zero-order valence-corrected chi connectivity index (χ0v) is 31.6. The first-order chi connectivity index (χ1) is 22.2. The third kappa shape index (κ3) is 12.8. The number of rotatable bonds is 14. The van der Waals surface area contributed by atoms with Crippen molar-refractivity contribution in [3.05, 3.63) is 70.8 Å². The first-order valence-corrected chi connectivity index (χ1v) is 17.4. The fourth-order valence-corrected chi connectivity index (χ4v) is 5.53. The highest BCUT2D eigenvalue weighted by Crippen LogP contribution is 2.31. The lowest BCUT2D eigenvalue weighted by atomic mass is 9.92. The molecule has 4 unspecified atom stereocenters. The zero-order valence-electron chi connectivity index (χ0n) is 30.7. The van der Waals surface area contributed by atoms with E-state index in [1.54, 1.807) is 46.4 Å². The molecule has 0 radical (unpaired) electrons. The Hall–Kier alpha value is -3.53. The minimum Gasteiger partial charge on any atom is -0.458 e. The van der Waals surface area contributed by atoms with E-state index < -0.39 is 59.2 Å². The van der Waals surface area contributed by atoms with Crippen molar-refractivity contribution in [2.24, 2.45) is 5.92 Å². The van der Waals surface area contributed by atoms with Crippen molar-refractivity contribution < 1.29 is 28.7 Å². The van der Waals surface area contributed by atoms with E-state index in [0.29, 0.717) is 17.9 Å². The number of amides is 3. The standard InChI is InChI=1S/C38H57N3O6S/c1-24(2)20-21-26(4)41(34(43)31(23-48)40-36(45)47-38(9,10)11)32(29-19-15-16-25(3)27(29)5)33(42)39-30(35(44)46-37(6,7)8)22-28-17-13-12-14-18-28/h12-19,24,26,30-32,48H,20-23H2,1-11H3,(H,39,42)(H,40,45). The summed E-state index contributed by atoms with van der Waals surface area (Å²) in [5.41, 5.74) is 1.67. The Morgan fingerprint density at radius 2 is 1.40 bits per heavy atom. The molecule has 266 valence electrons. The molecule has 0 saturated carbocycles. The molecule has 0 fully saturated rings. The van der Waals surface area contributed by atoms with E-state index in [0.717, 1.165) is 23.1 Å². The van der Waals surface area contributed by atoms with Crippen molar-refractivity contribution in [2.45, 2.75) is 131 Å². The fraction of sp³-hybridized carbons (Fsp3) is 0.579. The van der Waals surface area contributed by atoms with Crippen LogP contribution in [-0.4, -0.2) is 63.9 Å². The third-order valence-corrected chi connectivity index (χ3v) is 8.19. The summed E-state index contributed by atoms with van der Waals surface area (Å²) in [6.45, 7) is 20.5. The zero-order chi connectivity index (χ0) is 36.4. The highest BCUT2D eigenvalue weighted by Gasteiger charge is 2.41. The maximum atomic E-state index is 14.7. The number of esters is 1. The smallest absolute Gasteiger partial charge is 0.408 e. The Bertz CT molecular complexity index is 1380. The lowest BCUT2D eigenvalue weighted by molar-refractivity contribution is -0.159. The van der Waals surface area contributed by atoms with Gasteiger partial charge in [0.05, 0.1) is 0 Å². The van der Waals surface area contributed by atoms with Crippen molar-refractivity contribution in [2.75, 3.05) is 5.75 Å². The van der Waals surface area contributed by atoms with Gasteiger partial charge in [-0.15, -0.1) is 0 Å². The van der Waals surface area contributed by atoms with Crippen LogP contribution >= 0.6 is 12.6 Å². The van der Waals surface area contributed by atoms with Gasteiger partial charge in [0.1, 0.15) is 29.3 Å². The van der Waals surface area contributed by atoms with E-state index >= 15 is 0 Å². The van der Waals surface area contributed by atoms with Gasteiger partial charge in [0.2, 0.25) is 11.8 Å². The maximum absolute atomic E-state index is 14.7. The second-order valence-corrected chi connectivity index (χ2v) is 15.3. The average Bonchev–Trinajstić information content (AvgIpc) is 2.97. The lowest BCUT2D eigenvalue weighted by Gasteiger charge is -2.39. The van der Waals surface area contributed by atoms with Crippen molar-refractivity contribution in [3.63, 3.8) is 0 Å². The maximum Gasteiger partial charge on any atom is 0.408 e.